The third-order valence-electron chi connectivity index (χ3n) is 4.88. The maximum Gasteiger partial charge on any atom is 0.191 e. The second kappa shape index (κ2) is 11.3. The minimum Gasteiger partial charge on any atom is -0.373 e. The summed E-state index contributed by atoms with van der Waals surface area (Å²) < 4.78 is 5.99. The third kappa shape index (κ3) is 6.55. The summed E-state index contributed by atoms with van der Waals surface area (Å²) in [6.07, 6.45) is 3.74. The summed E-state index contributed by atoms with van der Waals surface area (Å²) >= 11 is 5.93. The predicted molar refractivity (Wildman–Crippen MR) is 119 cm³/mol. The number of hydrogen-bond donors (Lipinski definition) is 2. The van der Waals surface area contributed by atoms with Crippen LogP contribution in [0.4, 0.5) is 0 Å². The van der Waals surface area contributed by atoms with Gasteiger partial charge in [-0.3, -0.25) is 9.89 Å². The maximum absolute atomic E-state index is 5.99. The first-order valence-electron chi connectivity index (χ1n) is 9.37. The first-order valence-corrected chi connectivity index (χ1v) is 9.74. The highest BCUT2D eigenvalue weighted by Crippen LogP contribution is 2.22. The lowest BCUT2D eigenvalue weighted by atomic mass is 10.1. The van der Waals surface area contributed by atoms with Gasteiger partial charge in [-0.05, 0) is 50.4 Å². The first kappa shape index (κ1) is 21.7. The number of morpholine rings is 1. The number of fused-ring (bicyclic) bond motifs is 1. The van der Waals surface area contributed by atoms with Gasteiger partial charge in [0.15, 0.2) is 5.96 Å². The van der Waals surface area contributed by atoms with Crippen LogP contribution in [0.2, 0.25) is 5.02 Å². The molecule has 0 radical (unpaired) electrons. The molecular weight excluding hydrogens is 463 g/mol. The average molecular weight is 493 g/mol. The van der Waals surface area contributed by atoms with Crippen LogP contribution >= 0.6 is 35.6 Å². The number of halogens is 2. The predicted octanol–water partition coefficient (Wildman–Crippen LogP) is 2.92. The molecule has 2 fully saturated rings. The monoisotopic (exact) mass is 492 g/mol. The fourth-order valence-corrected chi connectivity index (χ4v) is 3.63. The van der Waals surface area contributed by atoms with Crippen molar-refractivity contribution in [3.05, 3.63) is 34.9 Å². The van der Waals surface area contributed by atoms with E-state index in [-0.39, 0.29) is 30.1 Å². The summed E-state index contributed by atoms with van der Waals surface area (Å²) in [5.41, 5.74) is 1.27. The molecule has 0 amide bonds. The summed E-state index contributed by atoms with van der Waals surface area (Å²) in [6, 6.07) is 8.64. The summed E-state index contributed by atoms with van der Waals surface area (Å²) in [6.45, 7) is 7.58. The van der Waals surface area contributed by atoms with E-state index in [4.69, 9.17) is 21.3 Å². The highest BCUT2D eigenvalue weighted by atomic mass is 127. The van der Waals surface area contributed by atoms with E-state index < -0.39 is 0 Å². The number of guanidine groups is 1. The fraction of sp³-hybridized carbons (Fsp3) is 0.632. The van der Waals surface area contributed by atoms with Crippen LogP contribution in [0.1, 0.15) is 25.3 Å². The molecule has 2 aliphatic rings. The van der Waals surface area contributed by atoms with Crippen molar-refractivity contribution >= 4 is 41.5 Å². The van der Waals surface area contributed by atoms with Crippen molar-refractivity contribution in [2.75, 3.05) is 39.3 Å². The first-order chi connectivity index (χ1) is 12.2. The molecule has 1 aromatic rings. The van der Waals surface area contributed by atoms with Crippen molar-refractivity contribution in [1.82, 2.24) is 15.5 Å². The van der Waals surface area contributed by atoms with E-state index >= 15 is 0 Å². The van der Waals surface area contributed by atoms with Crippen molar-refractivity contribution in [1.29, 1.82) is 0 Å². The second-order valence-corrected chi connectivity index (χ2v) is 7.21. The van der Waals surface area contributed by atoms with Crippen molar-refractivity contribution in [3.8, 4) is 0 Å². The number of ether oxygens (including phenoxy) is 1. The van der Waals surface area contributed by atoms with E-state index in [0.717, 1.165) is 43.6 Å². The van der Waals surface area contributed by atoms with Gasteiger partial charge in [0.1, 0.15) is 0 Å². The number of nitrogens with one attached hydrogen (secondary N) is 2. The second-order valence-electron chi connectivity index (χ2n) is 6.77. The Balaban J connectivity index is 0.00000243. The standard InChI is InChI=1S/C19H29ClN4O.HI/c1-2-21-19(22-10-9-15-5-7-16(20)8-6-15)23-12-18-13-24-11-3-4-17(24)14-25-18;/h5-8,17-18H,2-4,9-14H2,1H3,(H2,21,22,23);1H. The lowest BCUT2D eigenvalue weighted by Crippen LogP contribution is -2.47. The summed E-state index contributed by atoms with van der Waals surface area (Å²) in [4.78, 5) is 7.28. The quantitative estimate of drug-likeness (QED) is 0.364. The Morgan fingerprint density at radius 2 is 2.12 bits per heavy atom. The number of benzene rings is 1. The summed E-state index contributed by atoms with van der Waals surface area (Å²) in [5.74, 6) is 0.864. The van der Waals surface area contributed by atoms with E-state index in [1.54, 1.807) is 0 Å². The van der Waals surface area contributed by atoms with Crippen molar-refractivity contribution in [2.24, 2.45) is 4.99 Å². The highest BCUT2D eigenvalue weighted by Gasteiger charge is 2.31. The molecule has 0 bridgehead atoms. The van der Waals surface area contributed by atoms with Gasteiger partial charge in [0.2, 0.25) is 0 Å². The maximum atomic E-state index is 5.99. The van der Waals surface area contributed by atoms with Gasteiger partial charge in [-0.15, -0.1) is 24.0 Å². The van der Waals surface area contributed by atoms with Gasteiger partial charge in [-0.25, -0.2) is 0 Å². The van der Waals surface area contributed by atoms with E-state index in [0.29, 0.717) is 12.6 Å². The largest absolute Gasteiger partial charge is 0.373 e. The Labute approximate surface area is 178 Å². The molecule has 7 heteroatoms. The van der Waals surface area contributed by atoms with Crippen LogP contribution in [0.5, 0.6) is 0 Å². The van der Waals surface area contributed by atoms with Gasteiger partial charge in [0.25, 0.3) is 0 Å². The van der Waals surface area contributed by atoms with Crippen molar-refractivity contribution < 1.29 is 4.74 Å². The van der Waals surface area contributed by atoms with Crippen LogP contribution in [0, 0.1) is 0 Å². The number of nitrogens with zero attached hydrogens (tertiary/aromatic N) is 2. The highest BCUT2D eigenvalue weighted by molar-refractivity contribution is 14.0. The Morgan fingerprint density at radius 1 is 1.31 bits per heavy atom. The van der Waals surface area contributed by atoms with Crippen LogP contribution in [0.25, 0.3) is 0 Å². The third-order valence-corrected chi connectivity index (χ3v) is 5.13. The number of hydrogen-bond acceptors (Lipinski definition) is 3. The van der Waals surface area contributed by atoms with E-state index in [9.17, 15) is 0 Å². The molecule has 3 rings (SSSR count). The molecule has 0 saturated carbocycles. The van der Waals surface area contributed by atoms with Gasteiger partial charge < -0.3 is 15.4 Å². The molecule has 2 aliphatic heterocycles. The zero-order chi connectivity index (χ0) is 17.5. The Morgan fingerprint density at radius 3 is 2.88 bits per heavy atom. The molecule has 0 aliphatic carbocycles. The molecule has 2 heterocycles. The van der Waals surface area contributed by atoms with E-state index in [1.807, 2.05) is 12.1 Å². The Kier molecular flexibility index (Phi) is 9.45. The lowest BCUT2D eigenvalue weighted by Gasteiger charge is -2.34. The van der Waals surface area contributed by atoms with Gasteiger partial charge in [-0.1, -0.05) is 23.7 Å². The topological polar surface area (TPSA) is 48.9 Å². The number of rotatable bonds is 6. The molecule has 2 unspecified atom stereocenters. The number of aliphatic imine (C=N–C) groups is 1. The zero-order valence-corrected chi connectivity index (χ0v) is 18.5. The summed E-state index contributed by atoms with van der Waals surface area (Å²) in [7, 11) is 0. The molecule has 1 aromatic carbocycles. The van der Waals surface area contributed by atoms with Crippen LogP contribution in [-0.2, 0) is 11.2 Å². The molecule has 5 nitrogen and oxygen atoms in total. The van der Waals surface area contributed by atoms with E-state index in [2.05, 4.69) is 34.6 Å². The van der Waals surface area contributed by atoms with Gasteiger partial charge in [0.05, 0.1) is 19.3 Å². The molecule has 2 N–H and O–H groups in total. The average Bonchev–Trinajstić information content (AvgIpc) is 3.09. The van der Waals surface area contributed by atoms with Crippen molar-refractivity contribution in [2.45, 2.75) is 38.3 Å². The minimum absolute atomic E-state index is 0. The molecule has 146 valence electrons. The molecule has 2 atom stereocenters. The molecule has 0 spiro atoms. The minimum atomic E-state index is 0. The van der Waals surface area contributed by atoms with Gasteiger partial charge in [0, 0.05) is 30.7 Å². The van der Waals surface area contributed by atoms with Crippen LogP contribution < -0.4 is 10.6 Å². The Bertz CT molecular complexity index is 569. The zero-order valence-electron chi connectivity index (χ0n) is 15.4. The smallest absolute Gasteiger partial charge is 0.191 e. The van der Waals surface area contributed by atoms with Crippen LogP contribution in [0.15, 0.2) is 29.3 Å². The lowest BCUT2D eigenvalue weighted by molar-refractivity contribution is -0.0432. The van der Waals surface area contributed by atoms with Crippen molar-refractivity contribution in [3.63, 3.8) is 0 Å². The van der Waals surface area contributed by atoms with Crippen LogP contribution in [-0.4, -0.2) is 62.3 Å². The summed E-state index contributed by atoms with van der Waals surface area (Å²) in [5, 5.41) is 7.50. The molecular formula is C19H30ClIN4O. The molecule has 0 aromatic heterocycles. The Hall–Kier alpha value is -0.570. The van der Waals surface area contributed by atoms with E-state index in [1.165, 1.54) is 24.9 Å². The molecule has 2 saturated heterocycles. The SMILES string of the molecule is CCNC(=NCC1CN2CCCC2CO1)NCCc1ccc(Cl)cc1.I. The normalized spacial score (nSPS) is 23.2. The van der Waals surface area contributed by atoms with Gasteiger partial charge in [-0.2, -0.15) is 0 Å². The fourth-order valence-electron chi connectivity index (χ4n) is 3.51. The van der Waals surface area contributed by atoms with Gasteiger partial charge >= 0.3 is 0 Å². The molecule has 26 heavy (non-hydrogen) atoms. The van der Waals surface area contributed by atoms with Crippen LogP contribution in [0.3, 0.4) is 0 Å².